The normalized spacial score (nSPS) is 10.6. The highest BCUT2D eigenvalue weighted by Crippen LogP contribution is 2.17. The van der Waals surface area contributed by atoms with Gasteiger partial charge in [0.25, 0.3) is 0 Å². The molecule has 0 unspecified atom stereocenters. The zero-order valence-corrected chi connectivity index (χ0v) is 10.5. The zero-order valence-electron chi connectivity index (χ0n) is 10.5. The van der Waals surface area contributed by atoms with Gasteiger partial charge in [-0.25, -0.2) is 9.78 Å². The van der Waals surface area contributed by atoms with Gasteiger partial charge in [-0.15, -0.1) is 4.73 Å². The lowest BCUT2D eigenvalue weighted by molar-refractivity contribution is 0.182. The van der Waals surface area contributed by atoms with Crippen LogP contribution in [0.4, 0.5) is 5.82 Å². The number of nitrogens with zero attached hydrogens (tertiary/aromatic N) is 3. The minimum atomic E-state index is -0.758. The van der Waals surface area contributed by atoms with E-state index < -0.39 is 5.69 Å². The highest BCUT2D eigenvalue weighted by atomic mass is 16.5. The maximum Gasteiger partial charge on any atom is 0.384 e. The molecule has 0 aliphatic rings. The van der Waals surface area contributed by atoms with E-state index in [1.165, 1.54) is 6.20 Å². The summed E-state index contributed by atoms with van der Waals surface area (Å²) in [5.41, 5.74) is 0.495. The van der Waals surface area contributed by atoms with E-state index in [1.54, 1.807) is 12.1 Å². The number of aromatic nitrogens is 3. The third-order valence-electron chi connectivity index (χ3n) is 2.93. The van der Waals surface area contributed by atoms with Gasteiger partial charge in [-0.1, -0.05) is 30.3 Å². The van der Waals surface area contributed by atoms with Crippen molar-refractivity contribution in [2.75, 3.05) is 5.32 Å². The standard InChI is InChI=1S/C14H12N4O2/c19-14-17-12(16-9-10-5-2-1-3-6-10)11-7-4-8-15-13(11)18(14)20/h1-8,20H,9H2,(H,16,17,19). The molecule has 0 bridgehead atoms. The Morgan fingerprint density at radius 3 is 2.75 bits per heavy atom. The van der Waals surface area contributed by atoms with Crippen LogP contribution in [0, 0.1) is 0 Å². The number of anilines is 1. The van der Waals surface area contributed by atoms with Crippen LogP contribution in [-0.2, 0) is 6.54 Å². The van der Waals surface area contributed by atoms with Gasteiger partial charge in [0.2, 0.25) is 0 Å². The summed E-state index contributed by atoms with van der Waals surface area (Å²) in [6, 6.07) is 13.2. The Balaban J connectivity index is 2.00. The molecule has 3 rings (SSSR count). The Morgan fingerprint density at radius 2 is 1.95 bits per heavy atom. The van der Waals surface area contributed by atoms with Crippen LogP contribution in [0.25, 0.3) is 11.0 Å². The van der Waals surface area contributed by atoms with Crippen molar-refractivity contribution in [3.8, 4) is 0 Å². The van der Waals surface area contributed by atoms with E-state index in [-0.39, 0.29) is 5.65 Å². The van der Waals surface area contributed by atoms with Gasteiger partial charge in [0.1, 0.15) is 5.82 Å². The van der Waals surface area contributed by atoms with Gasteiger partial charge in [0.15, 0.2) is 5.65 Å². The van der Waals surface area contributed by atoms with E-state index in [1.807, 2.05) is 30.3 Å². The molecule has 6 nitrogen and oxygen atoms in total. The summed E-state index contributed by atoms with van der Waals surface area (Å²) in [6.45, 7) is 0.534. The first-order chi connectivity index (χ1) is 9.75. The van der Waals surface area contributed by atoms with Gasteiger partial charge in [-0.05, 0) is 17.7 Å². The minimum absolute atomic E-state index is 0.183. The molecule has 0 amide bonds. The van der Waals surface area contributed by atoms with Crippen LogP contribution in [0.1, 0.15) is 5.56 Å². The third kappa shape index (κ3) is 2.18. The van der Waals surface area contributed by atoms with Crippen molar-refractivity contribution in [3.05, 3.63) is 64.7 Å². The van der Waals surface area contributed by atoms with Crippen LogP contribution in [0.2, 0.25) is 0 Å². The van der Waals surface area contributed by atoms with Gasteiger partial charge < -0.3 is 10.5 Å². The number of hydrogen-bond donors (Lipinski definition) is 2. The largest absolute Gasteiger partial charge is 0.422 e. The SMILES string of the molecule is O=c1nc(NCc2ccccc2)c2cccnc2n1O. The van der Waals surface area contributed by atoms with Gasteiger partial charge in [0.05, 0.1) is 5.39 Å². The Bertz CT molecular complexity index is 799. The molecule has 0 aliphatic carbocycles. The van der Waals surface area contributed by atoms with E-state index in [0.717, 1.165) is 5.56 Å². The molecular formula is C14H12N4O2. The molecule has 6 heteroatoms. The van der Waals surface area contributed by atoms with Gasteiger partial charge >= 0.3 is 5.69 Å². The lowest BCUT2D eigenvalue weighted by Gasteiger charge is -2.09. The summed E-state index contributed by atoms with van der Waals surface area (Å²) in [7, 11) is 0. The number of fused-ring (bicyclic) bond motifs is 1. The predicted molar refractivity (Wildman–Crippen MR) is 74.8 cm³/mol. The minimum Gasteiger partial charge on any atom is -0.422 e. The van der Waals surface area contributed by atoms with Crippen LogP contribution in [0.15, 0.2) is 53.5 Å². The van der Waals surface area contributed by atoms with Crippen LogP contribution >= 0.6 is 0 Å². The smallest absolute Gasteiger partial charge is 0.384 e. The summed E-state index contributed by atoms with van der Waals surface area (Å²) >= 11 is 0. The van der Waals surface area contributed by atoms with Crippen molar-refractivity contribution in [3.63, 3.8) is 0 Å². The zero-order chi connectivity index (χ0) is 13.9. The topological polar surface area (TPSA) is 80.0 Å². The number of rotatable bonds is 3. The maximum atomic E-state index is 11.6. The first kappa shape index (κ1) is 12.2. The van der Waals surface area contributed by atoms with Crippen LogP contribution in [0.3, 0.4) is 0 Å². The summed E-state index contributed by atoms with van der Waals surface area (Å²) < 4.78 is 0.447. The molecule has 20 heavy (non-hydrogen) atoms. The molecule has 1 aromatic carbocycles. The molecule has 0 fully saturated rings. The number of nitrogens with one attached hydrogen (secondary N) is 1. The fourth-order valence-electron chi connectivity index (χ4n) is 1.96. The van der Waals surface area contributed by atoms with E-state index in [4.69, 9.17) is 0 Å². The van der Waals surface area contributed by atoms with Crippen molar-refractivity contribution >= 4 is 16.9 Å². The second kappa shape index (κ2) is 5.00. The van der Waals surface area contributed by atoms with Crippen molar-refractivity contribution < 1.29 is 5.21 Å². The summed E-state index contributed by atoms with van der Waals surface area (Å²) in [5.74, 6) is 0.409. The van der Waals surface area contributed by atoms with E-state index in [9.17, 15) is 10.0 Å². The quantitative estimate of drug-likeness (QED) is 0.706. The Labute approximate surface area is 114 Å². The van der Waals surface area contributed by atoms with E-state index >= 15 is 0 Å². The average molecular weight is 268 g/mol. The second-order valence-corrected chi connectivity index (χ2v) is 4.27. The molecule has 2 heterocycles. The molecule has 0 radical (unpaired) electrons. The summed E-state index contributed by atoms with van der Waals surface area (Å²) in [6.07, 6.45) is 1.51. The molecular weight excluding hydrogens is 256 g/mol. The van der Waals surface area contributed by atoms with E-state index in [0.29, 0.717) is 22.5 Å². The molecule has 0 saturated heterocycles. The molecule has 0 spiro atoms. The van der Waals surface area contributed by atoms with Crippen molar-refractivity contribution in [2.24, 2.45) is 0 Å². The Hall–Kier alpha value is -2.89. The van der Waals surface area contributed by atoms with Crippen molar-refractivity contribution in [1.82, 2.24) is 14.7 Å². The Morgan fingerprint density at radius 1 is 1.15 bits per heavy atom. The lowest BCUT2D eigenvalue weighted by Crippen LogP contribution is -2.23. The second-order valence-electron chi connectivity index (χ2n) is 4.27. The Kier molecular flexibility index (Phi) is 3.04. The van der Waals surface area contributed by atoms with Gasteiger partial charge in [-0.2, -0.15) is 4.98 Å². The highest BCUT2D eigenvalue weighted by molar-refractivity contribution is 5.86. The van der Waals surface area contributed by atoms with E-state index in [2.05, 4.69) is 15.3 Å². The molecule has 0 saturated carbocycles. The van der Waals surface area contributed by atoms with Crippen LogP contribution in [-0.4, -0.2) is 19.9 Å². The molecule has 0 atom stereocenters. The summed E-state index contributed by atoms with van der Waals surface area (Å²) in [4.78, 5) is 19.4. The molecule has 3 aromatic rings. The molecule has 2 N–H and O–H groups in total. The first-order valence-electron chi connectivity index (χ1n) is 6.10. The highest BCUT2D eigenvalue weighted by Gasteiger charge is 2.09. The molecule has 0 aliphatic heterocycles. The first-order valence-corrected chi connectivity index (χ1v) is 6.10. The van der Waals surface area contributed by atoms with Crippen LogP contribution in [0.5, 0.6) is 0 Å². The lowest BCUT2D eigenvalue weighted by atomic mass is 10.2. The predicted octanol–water partition coefficient (Wildman–Crippen LogP) is 1.64. The van der Waals surface area contributed by atoms with Gasteiger partial charge in [-0.3, -0.25) is 0 Å². The summed E-state index contributed by atoms with van der Waals surface area (Å²) in [5, 5.41) is 13.3. The average Bonchev–Trinajstić information content (AvgIpc) is 2.50. The maximum absolute atomic E-state index is 11.6. The van der Waals surface area contributed by atoms with Crippen LogP contribution < -0.4 is 11.0 Å². The fourth-order valence-corrected chi connectivity index (χ4v) is 1.96. The van der Waals surface area contributed by atoms with Gasteiger partial charge in [0, 0.05) is 12.7 Å². The molecule has 2 aromatic heterocycles. The third-order valence-corrected chi connectivity index (χ3v) is 2.93. The monoisotopic (exact) mass is 268 g/mol. The number of hydrogen-bond acceptors (Lipinski definition) is 5. The van der Waals surface area contributed by atoms with Crippen molar-refractivity contribution in [1.29, 1.82) is 0 Å². The molecule has 100 valence electrons. The number of pyridine rings is 1. The van der Waals surface area contributed by atoms with Crippen molar-refractivity contribution in [2.45, 2.75) is 6.54 Å². The fraction of sp³-hybridized carbons (Fsp3) is 0.0714. The number of benzene rings is 1.